The summed E-state index contributed by atoms with van der Waals surface area (Å²) in [7, 11) is 0. The number of nitrogens with one attached hydrogen (secondary N) is 1. The lowest BCUT2D eigenvalue weighted by Crippen LogP contribution is -2.52. The summed E-state index contributed by atoms with van der Waals surface area (Å²) < 4.78 is 0. The number of allylic oxidation sites excluding steroid dienone is 1. The molecule has 0 bridgehead atoms. The zero-order valence-electron chi connectivity index (χ0n) is 19.1. The fourth-order valence-corrected chi connectivity index (χ4v) is 5.45. The molecular weight excluding hydrogens is 402 g/mol. The van der Waals surface area contributed by atoms with Gasteiger partial charge in [-0.25, -0.2) is 15.0 Å². The number of ketones is 1. The molecule has 3 heterocycles. The quantitative estimate of drug-likeness (QED) is 0.717. The molecule has 0 atom stereocenters. The summed E-state index contributed by atoms with van der Waals surface area (Å²) in [5.74, 6) is 0.381. The molecule has 1 spiro atoms. The van der Waals surface area contributed by atoms with Gasteiger partial charge < -0.3 is 11.1 Å². The highest BCUT2D eigenvalue weighted by molar-refractivity contribution is 6.06. The first-order chi connectivity index (χ1) is 15.2. The molecule has 3 N–H and O–H groups in total. The van der Waals surface area contributed by atoms with Crippen LogP contribution in [0, 0.1) is 5.41 Å². The number of amides is 1. The van der Waals surface area contributed by atoms with Gasteiger partial charge in [-0.15, -0.1) is 0 Å². The van der Waals surface area contributed by atoms with E-state index in [4.69, 9.17) is 5.73 Å². The Kier molecular flexibility index (Phi) is 4.87. The van der Waals surface area contributed by atoms with Gasteiger partial charge in [-0.2, -0.15) is 0 Å². The number of pyridine rings is 1. The minimum atomic E-state index is -0.304. The molecule has 1 saturated heterocycles. The summed E-state index contributed by atoms with van der Waals surface area (Å²) in [5.41, 5.74) is 8.54. The summed E-state index contributed by atoms with van der Waals surface area (Å²) >= 11 is 0. The first-order valence-corrected chi connectivity index (χ1v) is 11.4. The largest absolute Gasteiger partial charge is 0.384 e. The Morgan fingerprint density at radius 2 is 1.88 bits per heavy atom. The van der Waals surface area contributed by atoms with Crippen LogP contribution in [0.2, 0.25) is 0 Å². The molecule has 168 valence electrons. The molecule has 5 rings (SSSR count). The van der Waals surface area contributed by atoms with Crippen molar-refractivity contribution in [3.05, 3.63) is 47.2 Å². The molecular formula is C25H31N5O2. The van der Waals surface area contributed by atoms with Crippen LogP contribution >= 0.6 is 0 Å². The number of nitrogens with two attached hydrogens (primary N) is 1. The Bertz CT molecular complexity index is 1140. The number of hydrogen-bond acceptors (Lipinski definition) is 6. The van der Waals surface area contributed by atoms with Gasteiger partial charge in [-0.1, -0.05) is 0 Å². The normalized spacial score (nSPS) is 21.5. The zero-order valence-corrected chi connectivity index (χ0v) is 19.1. The number of aromatic nitrogens is 1. The summed E-state index contributed by atoms with van der Waals surface area (Å²) in [5, 5.41) is 7.99. The molecule has 1 aliphatic carbocycles. The standard InChI is InChI=1S/C25H31N5O2/c1-24(2,3)29-15-18-13-25(8-10-27-11-9-25)14-20(31)22(18)30(29)23(32)17-4-6-19-16(12-17)5-7-21(26)28-19/h4-7,12,27H,8-11,13-15H2,1-3H3,(H2,26,28). The number of hydrazine groups is 1. The van der Waals surface area contributed by atoms with E-state index in [1.54, 1.807) is 17.1 Å². The highest BCUT2D eigenvalue weighted by Gasteiger charge is 2.49. The third-order valence-corrected chi connectivity index (χ3v) is 7.11. The predicted octanol–water partition coefficient (Wildman–Crippen LogP) is 3.28. The molecule has 7 nitrogen and oxygen atoms in total. The number of fused-ring (bicyclic) bond motifs is 1. The van der Waals surface area contributed by atoms with Gasteiger partial charge in [0.05, 0.1) is 5.52 Å². The lowest BCUT2D eigenvalue weighted by atomic mass is 9.67. The maximum absolute atomic E-state index is 13.8. The van der Waals surface area contributed by atoms with Crippen LogP contribution < -0.4 is 11.1 Å². The number of hydrogen-bond donors (Lipinski definition) is 2. The van der Waals surface area contributed by atoms with Crippen LogP contribution in [-0.2, 0) is 4.79 Å². The Morgan fingerprint density at radius 1 is 1.12 bits per heavy atom. The molecule has 0 radical (unpaired) electrons. The SMILES string of the molecule is CC(C)(C)N1CC2=C(C(=O)CC3(CCNCC3)C2)N1C(=O)c1ccc2nc(N)ccc2c1. The summed E-state index contributed by atoms with van der Waals surface area (Å²) in [6.45, 7) is 8.79. The second-order valence-corrected chi connectivity index (χ2v) is 10.5. The van der Waals surface area contributed by atoms with Crippen LogP contribution in [0.5, 0.6) is 0 Å². The molecule has 7 heteroatoms. The van der Waals surface area contributed by atoms with E-state index in [0.29, 0.717) is 30.0 Å². The summed E-state index contributed by atoms with van der Waals surface area (Å²) in [4.78, 5) is 31.6. The average molecular weight is 434 g/mol. The van der Waals surface area contributed by atoms with Crippen LogP contribution in [0.4, 0.5) is 5.82 Å². The van der Waals surface area contributed by atoms with E-state index < -0.39 is 0 Å². The second kappa shape index (κ2) is 7.39. The van der Waals surface area contributed by atoms with E-state index in [9.17, 15) is 9.59 Å². The fourth-order valence-electron chi connectivity index (χ4n) is 5.45. The van der Waals surface area contributed by atoms with Gasteiger partial charge in [0, 0.05) is 29.5 Å². The molecule has 1 aromatic heterocycles. The van der Waals surface area contributed by atoms with Crippen molar-refractivity contribution in [3.63, 3.8) is 0 Å². The van der Waals surface area contributed by atoms with E-state index in [1.165, 1.54) is 0 Å². The summed E-state index contributed by atoms with van der Waals surface area (Å²) in [6.07, 6.45) is 3.45. The molecule has 1 fully saturated rings. The van der Waals surface area contributed by atoms with Crippen LogP contribution in [-0.4, -0.2) is 51.9 Å². The van der Waals surface area contributed by atoms with Crippen LogP contribution in [0.3, 0.4) is 0 Å². The van der Waals surface area contributed by atoms with Gasteiger partial charge in [0.15, 0.2) is 5.78 Å². The number of rotatable bonds is 1. The van der Waals surface area contributed by atoms with Gasteiger partial charge >= 0.3 is 0 Å². The molecule has 1 aromatic carbocycles. The lowest BCUT2D eigenvalue weighted by molar-refractivity contribution is -0.122. The number of anilines is 1. The van der Waals surface area contributed by atoms with Crippen LogP contribution in [0.25, 0.3) is 10.9 Å². The number of benzene rings is 1. The molecule has 2 aliphatic heterocycles. The molecule has 0 saturated carbocycles. The van der Waals surface area contributed by atoms with Crippen molar-refractivity contribution in [3.8, 4) is 0 Å². The predicted molar refractivity (Wildman–Crippen MR) is 125 cm³/mol. The van der Waals surface area contributed by atoms with Gasteiger partial charge in [0.2, 0.25) is 0 Å². The third-order valence-electron chi connectivity index (χ3n) is 7.11. The zero-order chi connectivity index (χ0) is 22.7. The number of carbonyl (C=O) groups excluding carboxylic acids is 2. The summed E-state index contributed by atoms with van der Waals surface area (Å²) in [6, 6.07) is 9.04. The Labute approximate surface area is 188 Å². The van der Waals surface area contributed by atoms with Crippen molar-refractivity contribution < 1.29 is 9.59 Å². The molecule has 0 unspecified atom stereocenters. The number of Topliss-reactive ketones (excluding diaryl/α,β-unsaturated/α-hetero) is 1. The maximum Gasteiger partial charge on any atom is 0.273 e. The van der Waals surface area contributed by atoms with E-state index in [1.807, 2.05) is 18.2 Å². The van der Waals surface area contributed by atoms with Gasteiger partial charge in [0.1, 0.15) is 11.5 Å². The highest BCUT2D eigenvalue weighted by Crippen LogP contribution is 2.48. The van der Waals surface area contributed by atoms with Crippen molar-refractivity contribution in [2.45, 2.75) is 52.0 Å². The average Bonchev–Trinajstić information content (AvgIpc) is 3.13. The van der Waals surface area contributed by atoms with Crippen molar-refractivity contribution in [2.24, 2.45) is 5.41 Å². The van der Waals surface area contributed by atoms with Crippen molar-refractivity contribution in [1.29, 1.82) is 0 Å². The number of piperidine rings is 1. The first-order valence-electron chi connectivity index (χ1n) is 11.4. The second-order valence-electron chi connectivity index (χ2n) is 10.5. The Morgan fingerprint density at radius 3 is 2.59 bits per heavy atom. The Hall–Kier alpha value is -2.77. The van der Waals surface area contributed by atoms with E-state index in [-0.39, 0.29) is 22.6 Å². The first kappa shape index (κ1) is 21.1. The minimum Gasteiger partial charge on any atom is -0.384 e. The third kappa shape index (κ3) is 3.49. The van der Waals surface area contributed by atoms with E-state index in [0.717, 1.165) is 48.8 Å². The van der Waals surface area contributed by atoms with Gasteiger partial charge in [-0.05, 0) is 94.4 Å². The number of carbonyl (C=O) groups is 2. The van der Waals surface area contributed by atoms with Gasteiger partial charge in [0.25, 0.3) is 5.91 Å². The topological polar surface area (TPSA) is 91.6 Å². The molecule has 2 aromatic rings. The minimum absolute atomic E-state index is 0.0400. The number of nitrogen functional groups attached to an aromatic ring is 1. The molecule has 1 amide bonds. The van der Waals surface area contributed by atoms with Crippen LogP contribution in [0.1, 0.15) is 56.8 Å². The highest BCUT2D eigenvalue weighted by atomic mass is 16.2. The molecule has 3 aliphatic rings. The Balaban J connectivity index is 1.55. The van der Waals surface area contributed by atoms with Crippen molar-refractivity contribution in [1.82, 2.24) is 20.3 Å². The monoisotopic (exact) mass is 433 g/mol. The van der Waals surface area contributed by atoms with Crippen molar-refractivity contribution in [2.75, 3.05) is 25.4 Å². The molecule has 32 heavy (non-hydrogen) atoms. The number of nitrogens with zero attached hydrogens (tertiary/aromatic N) is 3. The smallest absolute Gasteiger partial charge is 0.273 e. The lowest BCUT2D eigenvalue weighted by Gasteiger charge is -2.41. The van der Waals surface area contributed by atoms with Gasteiger partial charge in [-0.3, -0.25) is 9.59 Å². The van der Waals surface area contributed by atoms with E-state index >= 15 is 0 Å². The van der Waals surface area contributed by atoms with E-state index in [2.05, 4.69) is 36.1 Å². The fraction of sp³-hybridized carbons (Fsp3) is 0.480. The maximum atomic E-state index is 13.8. The van der Waals surface area contributed by atoms with Crippen LogP contribution in [0.15, 0.2) is 41.6 Å². The van der Waals surface area contributed by atoms with Crippen molar-refractivity contribution >= 4 is 28.4 Å².